The van der Waals surface area contributed by atoms with Crippen LogP contribution in [0.25, 0.3) is 11.3 Å². The van der Waals surface area contributed by atoms with Gasteiger partial charge in [-0.15, -0.1) is 16.4 Å². The molecule has 2 aliphatic rings. The summed E-state index contributed by atoms with van der Waals surface area (Å²) in [7, 11) is 0. The summed E-state index contributed by atoms with van der Waals surface area (Å²) < 4.78 is 1.51. The molecule has 2 aromatic heterocycles. The zero-order chi connectivity index (χ0) is 26.6. The van der Waals surface area contributed by atoms with Gasteiger partial charge in [0.15, 0.2) is 0 Å². The minimum atomic E-state index is -0.533. The maximum absolute atomic E-state index is 12.7. The maximum atomic E-state index is 12.7. The highest BCUT2D eigenvalue weighted by molar-refractivity contribution is 7.10. The Labute approximate surface area is 226 Å². The van der Waals surface area contributed by atoms with Gasteiger partial charge in [0, 0.05) is 34.3 Å². The van der Waals surface area contributed by atoms with Gasteiger partial charge in [0.05, 0.1) is 12.7 Å². The van der Waals surface area contributed by atoms with Crippen molar-refractivity contribution < 1.29 is 14.4 Å². The SMILES string of the molecule is CC(C)C1CCN(Cc2ccc(C(=O)NCc3cc(-c4cn(C5CCC(=O)NC5=O)nn4)cs3)cc2)CC1. The van der Waals surface area contributed by atoms with E-state index >= 15 is 0 Å². The average molecular weight is 535 g/mol. The van der Waals surface area contributed by atoms with E-state index in [1.54, 1.807) is 6.20 Å². The highest BCUT2D eigenvalue weighted by Crippen LogP contribution is 2.27. The first kappa shape index (κ1) is 26.2. The van der Waals surface area contributed by atoms with E-state index in [1.807, 2.05) is 23.6 Å². The second-order valence-corrected chi connectivity index (χ2v) is 11.6. The van der Waals surface area contributed by atoms with E-state index < -0.39 is 6.04 Å². The van der Waals surface area contributed by atoms with Gasteiger partial charge in [-0.05, 0) is 68.0 Å². The number of hydrogen-bond acceptors (Lipinski definition) is 7. The highest BCUT2D eigenvalue weighted by atomic mass is 32.1. The summed E-state index contributed by atoms with van der Waals surface area (Å²) in [6.07, 6.45) is 4.94. The van der Waals surface area contributed by atoms with E-state index in [0.717, 1.165) is 41.9 Å². The summed E-state index contributed by atoms with van der Waals surface area (Å²) in [5.74, 6) is 0.878. The molecule has 1 unspecified atom stereocenters. The van der Waals surface area contributed by atoms with Crippen molar-refractivity contribution in [2.75, 3.05) is 13.1 Å². The van der Waals surface area contributed by atoms with Crippen molar-refractivity contribution >= 4 is 29.1 Å². The molecular formula is C28H34N6O3S. The first-order chi connectivity index (χ1) is 18.4. The standard InChI is InChI=1S/C28H34N6O3S/c1-18(2)20-9-11-33(12-10-20)15-19-3-5-21(6-4-19)27(36)29-14-23-13-22(17-38-23)24-16-34(32-31-24)25-7-8-26(35)30-28(25)37/h3-6,13,16-18,20,25H,7-12,14-15H2,1-2H3,(H,29,36)(H,30,35,37). The third-order valence-corrected chi connectivity index (χ3v) is 8.55. The van der Waals surface area contributed by atoms with Crippen molar-refractivity contribution in [2.45, 2.75) is 58.7 Å². The Kier molecular flexibility index (Phi) is 7.99. The fourth-order valence-electron chi connectivity index (χ4n) is 5.17. The fourth-order valence-corrected chi connectivity index (χ4v) is 5.99. The summed E-state index contributed by atoms with van der Waals surface area (Å²) in [5, 5.41) is 15.6. The van der Waals surface area contributed by atoms with Crippen LogP contribution in [0.1, 0.15) is 66.4 Å². The number of piperidine rings is 2. The highest BCUT2D eigenvalue weighted by Gasteiger charge is 2.29. The lowest BCUT2D eigenvalue weighted by atomic mass is 9.86. The molecule has 1 aromatic carbocycles. The third-order valence-electron chi connectivity index (χ3n) is 7.61. The summed E-state index contributed by atoms with van der Waals surface area (Å²) in [6.45, 7) is 8.26. The Balaban J connectivity index is 1.11. The van der Waals surface area contributed by atoms with Crippen molar-refractivity contribution in [2.24, 2.45) is 11.8 Å². The summed E-state index contributed by atoms with van der Waals surface area (Å²) in [6, 6.07) is 9.35. The van der Waals surface area contributed by atoms with E-state index in [1.165, 1.54) is 34.4 Å². The number of carbonyl (C=O) groups is 3. The van der Waals surface area contributed by atoms with Gasteiger partial charge in [-0.1, -0.05) is 31.2 Å². The summed E-state index contributed by atoms with van der Waals surface area (Å²) >= 11 is 1.53. The molecule has 2 saturated heterocycles. The number of benzene rings is 1. The Bertz CT molecular complexity index is 1290. The van der Waals surface area contributed by atoms with Crippen molar-refractivity contribution in [3.05, 3.63) is 57.9 Å². The maximum Gasteiger partial charge on any atom is 0.251 e. The van der Waals surface area contributed by atoms with Crippen LogP contribution in [0.4, 0.5) is 0 Å². The molecule has 200 valence electrons. The second kappa shape index (κ2) is 11.6. The average Bonchev–Trinajstić information content (AvgIpc) is 3.58. The molecule has 2 aliphatic heterocycles. The van der Waals surface area contributed by atoms with Crippen molar-refractivity contribution in [3.63, 3.8) is 0 Å². The number of amides is 3. The number of aromatic nitrogens is 3. The number of nitrogens with one attached hydrogen (secondary N) is 2. The molecule has 3 aromatic rings. The zero-order valence-electron chi connectivity index (χ0n) is 21.9. The molecule has 10 heteroatoms. The van der Waals surface area contributed by atoms with Gasteiger partial charge in [-0.3, -0.25) is 24.6 Å². The molecule has 0 bridgehead atoms. The van der Waals surface area contributed by atoms with Gasteiger partial charge in [0.2, 0.25) is 5.91 Å². The molecule has 2 fully saturated rings. The Morgan fingerprint density at radius 2 is 1.92 bits per heavy atom. The molecule has 38 heavy (non-hydrogen) atoms. The Morgan fingerprint density at radius 1 is 1.16 bits per heavy atom. The lowest BCUT2D eigenvalue weighted by Gasteiger charge is -2.33. The number of hydrogen-bond donors (Lipinski definition) is 2. The molecule has 3 amide bonds. The normalized spacial score (nSPS) is 19.1. The van der Waals surface area contributed by atoms with E-state index in [-0.39, 0.29) is 24.1 Å². The van der Waals surface area contributed by atoms with Gasteiger partial charge in [-0.25, -0.2) is 4.68 Å². The van der Waals surface area contributed by atoms with Gasteiger partial charge in [0.25, 0.3) is 11.8 Å². The van der Waals surface area contributed by atoms with Crippen LogP contribution in [0.15, 0.2) is 41.9 Å². The molecule has 0 saturated carbocycles. The number of thiophene rings is 1. The zero-order valence-corrected chi connectivity index (χ0v) is 22.7. The van der Waals surface area contributed by atoms with E-state index in [9.17, 15) is 14.4 Å². The molecule has 2 N–H and O–H groups in total. The Morgan fingerprint density at radius 3 is 2.63 bits per heavy atom. The number of nitrogens with zero attached hydrogens (tertiary/aromatic N) is 4. The van der Waals surface area contributed by atoms with Crippen molar-refractivity contribution in [3.8, 4) is 11.3 Å². The second-order valence-electron chi connectivity index (χ2n) is 10.6. The first-order valence-corrected chi connectivity index (χ1v) is 14.2. The predicted molar refractivity (Wildman–Crippen MR) is 145 cm³/mol. The lowest BCUT2D eigenvalue weighted by molar-refractivity contribution is -0.136. The van der Waals surface area contributed by atoms with Crippen LogP contribution < -0.4 is 10.6 Å². The third kappa shape index (κ3) is 6.19. The molecular weight excluding hydrogens is 500 g/mol. The molecule has 0 aliphatic carbocycles. The summed E-state index contributed by atoms with van der Waals surface area (Å²) in [4.78, 5) is 39.7. The van der Waals surface area contributed by atoms with Crippen LogP contribution in [-0.4, -0.2) is 50.7 Å². The number of rotatable bonds is 8. The predicted octanol–water partition coefficient (Wildman–Crippen LogP) is 3.78. The Hall–Kier alpha value is -3.37. The number of likely N-dealkylation sites (tertiary alicyclic amines) is 1. The smallest absolute Gasteiger partial charge is 0.251 e. The summed E-state index contributed by atoms with van der Waals surface area (Å²) in [5.41, 5.74) is 3.40. The quantitative estimate of drug-likeness (QED) is 0.426. The lowest BCUT2D eigenvalue weighted by Crippen LogP contribution is -2.41. The van der Waals surface area contributed by atoms with Crippen LogP contribution in [0.2, 0.25) is 0 Å². The van der Waals surface area contributed by atoms with Crippen LogP contribution in [0.5, 0.6) is 0 Å². The van der Waals surface area contributed by atoms with Crippen LogP contribution in [0, 0.1) is 11.8 Å². The minimum absolute atomic E-state index is 0.104. The molecule has 0 spiro atoms. The molecule has 0 radical (unpaired) electrons. The van der Waals surface area contributed by atoms with Crippen LogP contribution in [0.3, 0.4) is 0 Å². The number of imide groups is 1. The van der Waals surface area contributed by atoms with Gasteiger partial charge >= 0.3 is 0 Å². The van der Waals surface area contributed by atoms with E-state index in [0.29, 0.717) is 24.2 Å². The molecule has 9 nitrogen and oxygen atoms in total. The van der Waals surface area contributed by atoms with Gasteiger partial charge < -0.3 is 5.32 Å². The first-order valence-electron chi connectivity index (χ1n) is 13.3. The number of carbonyl (C=O) groups excluding carboxylic acids is 3. The van der Waals surface area contributed by atoms with Crippen molar-refractivity contribution in [1.29, 1.82) is 0 Å². The van der Waals surface area contributed by atoms with Gasteiger partial charge in [0.1, 0.15) is 11.7 Å². The topological polar surface area (TPSA) is 109 Å². The minimum Gasteiger partial charge on any atom is -0.347 e. The van der Waals surface area contributed by atoms with Crippen LogP contribution >= 0.6 is 11.3 Å². The van der Waals surface area contributed by atoms with E-state index in [4.69, 9.17) is 0 Å². The van der Waals surface area contributed by atoms with Gasteiger partial charge in [-0.2, -0.15) is 0 Å². The fraction of sp³-hybridized carbons (Fsp3) is 0.464. The molecule has 5 rings (SSSR count). The largest absolute Gasteiger partial charge is 0.347 e. The molecule has 4 heterocycles. The van der Waals surface area contributed by atoms with Crippen LogP contribution in [-0.2, 0) is 22.7 Å². The monoisotopic (exact) mass is 534 g/mol. The van der Waals surface area contributed by atoms with E-state index in [2.05, 4.69) is 51.8 Å². The molecule has 1 atom stereocenters. The van der Waals surface area contributed by atoms with Crippen molar-refractivity contribution in [1.82, 2.24) is 30.5 Å².